The van der Waals surface area contributed by atoms with Crippen LogP contribution in [0.3, 0.4) is 0 Å². The number of aromatic amines is 1. The van der Waals surface area contributed by atoms with Gasteiger partial charge in [0.15, 0.2) is 0 Å². The molecule has 2 aromatic carbocycles. The van der Waals surface area contributed by atoms with Crippen molar-refractivity contribution in [3.63, 3.8) is 0 Å². The van der Waals surface area contributed by atoms with Gasteiger partial charge < -0.3 is 19.8 Å². The maximum absolute atomic E-state index is 5.58. The van der Waals surface area contributed by atoms with Gasteiger partial charge in [-0.3, -0.25) is 0 Å². The molecule has 1 aliphatic heterocycles. The smallest absolute Gasteiger partial charge is 0.124 e. The minimum atomic E-state index is 0.0830. The number of hydrogen-bond donors (Lipinski definition) is 2. The summed E-state index contributed by atoms with van der Waals surface area (Å²) in [6.45, 7) is 0.928. The van der Waals surface area contributed by atoms with Gasteiger partial charge in [0.25, 0.3) is 0 Å². The van der Waals surface area contributed by atoms with Crippen LogP contribution >= 0.6 is 15.9 Å². The van der Waals surface area contributed by atoms with Gasteiger partial charge in [0, 0.05) is 33.2 Å². The molecule has 1 aromatic heterocycles. The van der Waals surface area contributed by atoms with E-state index < -0.39 is 0 Å². The van der Waals surface area contributed by atoms with Crippen LogP contribution in [0, 0.1) is 0 Å². The first-order valence-electron chi connectivity index (χ1n) is 7.96. The molecule has 1 unspecified atom stereocenters. The number of aromatic nitrogens is 1. The third kappa shape index (κ3) is 2.48. The largest absolute Gasteiger partial charge is 0.497 e. The van der Waals surface area contributed by atoms with Crippen molar-refractivity contribution >= 4 is 26.8 Å². The minimum absolute atomic E-state index is 0.0830. The summed E-state index contributed by atoms with van der Waals surface area (Å²) < 4.78 is 12.0. The van der Waals surface area contributed by atoms with Gasteiger partial charge in [-0.2, -0.15) is 0 Å². The van der Waals surface area contributed by atoms with E-state index in [4.69, 9.17) is 9.47 Å². The number of halogens is 1. The zero-order chi connectivity index (χ0) is 16.7. The number of ether oxygens (including phenoxy) is 2. The molecular formula is C19H19BrN2O2. The van der Waals surface area contributed by atoms with Crippen LogP contribution in [0.25, 0.3) is 10.9 Å². The Morgan fingerprint density at radius 3 is 2.75 bits per heavy atom. The maximum Gasteiger partial charge on any atom is 0.124 e. The summed E-state index contributed by atoms with van der Waals surface area (Å²) in [6.07, 6.45) is 0.995. The second-order valence-corrected chi connectivity index (χ2v) is 6.87. The lowest BCUT2D eigenvalue weighted by molar-refractivity contribution is 0.402. The van der Waals surface area contributed by atoms with E-state index in [1.807, 2.05) is 18.2 Å². The van der Waals surface area contributed by atoms with E-state index in [9.17, 15) is 0 Å². The van der Waals surface area contributed by atoms with Crippen molar-refractivity contribution in [2.45, 2.75) is 12.5 Å². The molecule has 4 rings (SSSR count). The average molecular weight is 387 g/mol. The van der Waals surface area contributed by atoms with E-state index in [1.165, 1.54) is 16.6 Å². The normalized spacial score (nSPS) is 16.9. The van der Waals surface area contributed by atoms with Crippen molar-refractivity contribution in [1.29, 1.82) is 0 Å². The van der Waals surface area contributed by atoms with E-state index in [1.54, 1.807) is 14.2 Å². The summed E-state index contributed by atoms with van der Waals surface area (Å²) in [4.78, 5) is 3.60. The van der Waals surface area contributed by atoms with Crippen molar-refractivity contribution < 1.29 is 9.47 Å². The molecule has 0 amide bonds. The summed E-state index contributed by atoms with van der Waals surface area (Å²) in [5.74, 6) is 1.78. The number of methoxy groups -OCH3 is 2. The molecule has 0 fully saturated rings. The summed E-state index contributed by atoms with van der Waals surface area (Å²) in [7, 11) is 3.42. The Balaban J connectivity index is 1.89. The Morgan fingerprint density at radius 2 is 1.96 bits per heavy atom. The zero-order valence-corrected chi connectivity index (χ0v) is 15.2. The lowest BCUT2D eigenvalue weighted by Crippen LogP contribution is -2.30. The first-order valence-corrected chi connectivity index (χ1v) is 8.76. The number of hydrogen-bond acceptors (Lipinski definition) is 3. The van der Waals surface area contributed by atoms with Gasteiger partial charge in [0.2, 0.25) is 0 Å². The average Bonchev–Trinajstić information content (AvgIpc) is 2.99. The Bertz CT molecular complexity index is 904. The Morgan fingerprint density at radius 1 is 1.08 bits per heavy atom. The molecule has 0 bridgehead atoms. The van der Waals surface area contributed by atoms with Gasteiger partial charge in [-0.15, -0.1) is 0 Å². The van der Waals surface area contributed by atoms with Gasteiger partial charge in [0.1, 0.15) is 11.5 Å². The van der Waals surface area contributed by atoms with E-state index in [0.29, 0.717) is 0 Å². The van der Waals surface area contributed by atoms with Crippen molar-refractivity contribution in [2.75, 3.05) is 20.8 Å². The highest BCUT2D eigenvalue weighted by molar-refractivity contribution is 9.10. The predicted octanol–water partition coefficient (Wildman–Crippen LogP) is 4.18. The molecule has 1 aliphatic rings. The van der Waals surface area contributed by atoms with Crippen LogP contribution in [0.1, 0.15) is 22.9 Å². The molecule has 0 saturated carbocycles. The number of H-pyrrole nitrogens is 1. The molecule has 2 N–H and O–H groups in total. The third-order valence-corrected chi connectivity index (χ3v) is 5.15. The second-order valence-electron chi connectivity index (χ2n) is 5.95. The summed E-state index contributed by atoms with van der Waals surface area (Å²) in [5.41, 5.74) is 4.84. The molecule has 124 valence electrons. The highest BCUT2D eigenvalue weighted by atomic mass is 79.9. The van der Waals surface area contributed by atoms with Crippen molar-refractivity contribution in [3.05, 3.63) is 57.7 Å². The molecule has 0 radical (unpaired) electrons. The van der Waals surface area contributed by atoms with E-state index >= 15 is 0 Å². The Kier molecular flexibility index (Phi) is 3.98. The Hall–Kier alpha value is -1.98. The van der Waals surface area contributed by atoms with Gasteiger partial charge in [-0.1, -0.05) is 15.9 Å². The minimum Gasteiger partial charge on any atom is -0.497 e. The third-order valence-electron chi connectivity index (χ3n) is 4.66. The summed E-state index contributed by atoms with van der Waals surface area (Å²) in [5, 5.41) is 4.86. The molecular weight excluding hydrogens is 368 g/mol. The van der Waals surface area contributed by atoms with Crippen LogP contribution in [0.15, 0.2) is 40.9 Å². The maximum atomic E-state index is 5.58. The van der Waals surface area contributed by atoms with Gasteiger partial charge in [-0.05, 0) is 48.4 Å². The lowest BCUT2D eigenvalue weighted by atomic mass is 9.94. The standard InChI is InChI=1S/C19H19BrN2O2/c1-23-12-4-5-16-14(10-12)13-7-8-21-18(19(13)22-16)15-9-11(20)3-6-17(15)24-2/h3-6,9-10,18,21-22H,7-8H2,1-2H3. The first-order chi connectivity index (χ1) is 11.7. The molecule has 2 heterocycles. The predicted molar refractivity (Wildman–Crippen MR) is 99.1 cm³/mol. The monoisotopic (exact) mass is 386 g/mol. The number of benzene rings is 2. The molecule has 0 spiro atoms. The first kappa shape index (κ1) is 15.5. The molecule has 3 aromatic rings. The van der Waals surface area contributed by atoms with E-state index in [0.717, 1.165) is 40.0 Å². The molecule has 0 saturated heterocycles. The quantitative estimate of drug-likeness (QED) is 0.709. The van der Waals surface area contributed by atoms with E-state index in [-0.39, 0.29) is 6.04 Å². The Labute approximate surface area is 149 Å². The fourth-order valence-corrected chi connectivity index (χ4v) is 3.91. The van der Waals surface area contributed by atoms with Crippen molar-refractivity contribution in [1.82, 2.24) is 10.3 Å². The number of fused-ring (bicyclic) bond motifs is 3. The van der Waals surface area contributed by atoms with Crippen LogP contribution in [-0.4, -0.2) is 25.7 Å². The van der Waals surface area contributed by atoms with Crippen LogP contribution in [-0.2, 0) is 6.42 Å². The molecule has 5 heteroatoms. The van der Waals surface area contributed by atoms with Crippen LogP contribution in [0.4, 0.5) is 0 Å². The lowest BCUT2D eigenvalue weighted by Gasteiger charge is -2.26. The summed E-state index contributed by atoms with van der Waals surface area (Å²) >= 11 is 3.58. The highest BCUT2D eigenvalue weighted by Crippen LogP contribution is 2.38. The fraction of sp³-hybridized carbons (Fsp3) is 0.263. The van der Waals surface area contributed by atoms with E-state index in [2.05, 4.69) is 44.4 Å². The highest BCUT2D eigenvalue weighted by Gasteiger charge is 2.27. The summed E-state index contributed by atoms with van der Waals surface area (Å²) in [6, 6.07) is 12.4. The molecule has 24 heavy (non-hydrogen) atoms. The van der Waals surface area contributed by atoms with Gasteiger partial charge in [0.05, 0.1) is 20.3 Å². The molecule has 1 atom stereocenters. The number of nitrogens with one attached hydrogen (secondary N) is 2. The van der Waals surface area contributed by atoms with Crippen LogP contribution in [0.2, 0.25) is 0 Å². The zero-order valence-electron chi connectivity index (χ0n) is 13.7. The molecule has 0 aliphatic carbocycles. The van der Waals surface area contributed by atoms with Crippen molar-refractivity contribution in [2.24, 2.45) is 0 Å². The second kappa shape index (κ2) is 6.15. The topological polar surface area (TPSA) is 46.3 Å². The van der Waals surface area contributed by atoms with Crippen LogP contribution < -0.4 is 14.8 Å². The SMILES string of the molecule is COc1ccc2[nH]c3c(c2c1)CCNC3c1cc(Br)ccc1OC. The van der Waals surface area contributed by atoms with Crippen LogP contribution in [0.5, 0.6) is 11.5 Å². The fourth-order valence-electron chi connectivity index (χ4n) is 3.53. The van der Waals surface area contributed by atoms with Gasteiger partial charge >= 0.3 is 0 Å². The van der Waals surface area contributed by atoms with Crippen molar-refractivity contribution in [3.8, 4) is 11.5 Å². The number of rotatable bonds is 3. The van der Waals surface area contributed by atoms with Gasteiger partial charge in [-0.25, -0.2) is 0 Å². The molecule has 4 nitrogen and oxygen atoms in total.